The van der Waals surface area contributed by atoms with Gasteiger partial charge in [0, 0.05) is 29.1 Å². The molecule has 5 heteroatoms. The molecule has 2 saturated heterocycles. The Morgan fingerprint density at radius 3 is 2.90 bits per heavy atom. The van der Waals surface area contributed by atoms with Crippen molar-refractivity contribution in [1.82, 2.24) is 10.6 Å². The van der Waals surface area contributed by atoms with Crippen LogP contribution >= 0.6 is 12.4 Å². The van der Waals surface area contributed by atoms with Crippen LogP contribution in [0.15, 0.2) is 28.7 Å². The van der Waals surface area contributed by atoms with Gasteiger partial charge in [0.25, 0.3) is 5.91 Å². The van der Waals surface area contributed by atoms with Gasteiger partial charge in [-0.25, -0.2) is 0 Å². The van der Waals surface area contributed by atoms with Gasteiger partial charge in [-0.15, -0.1) is 12.4 Å². The second-order valence-electron chi connectivity index (χ2n) is 5.97. The summed E-state index contributed by atoms with van der Waals surface area (Å²) in [6, 6.07) is 8.96. The van der Waals surface area contributed by atoms with Gasteiger partial charge in [0.15, 0.2) is 0 Å². The van der Waals surface area contributed by atoms with E-state index in [0.29, 0.717) is 17.6 Å². The molecule has 2 bridgehead atoms. The lowest BCUT2D eigenvalue weighted by Crippen LogP contribution is -2.42. The lowest BCUT2D eigenvalue weighted by molar-refractivity contribution is 0.0931. The van der Waals surface area contributed by atoms with E-state index in [4.69, 9.17) is 4.42 Å². The number of hydrogen-bond donors (Lipinski definition) is 2. The van der Waals surface area contributed by atoms with E-state index in [9.17, 15) is 4.79 Å². The summed E-state index contributed by atoms with van der Waals surface area (Å²) in [6.45, 7) is 1.92. The average molecular weight is 307 g/mol. The molecular weight excluding hydrogens is 288 g/mol. The summed E-state index contributed by atoms with van der Waals surface area (Å²) in [5.74, 6) is 0.871. The van der Waals surface area contributed by atoms with Crippen molar-refractivity contribution in [3.8, 4) is 0 Å². The first kappa shape index (κ1) is 14.4. The molecule has 2 N–H and O–H groups in total. The molecule has 0 unspecified atom stereocenters. The molecule has 0 radical (unpaired) electrons. The summed E-state index contributed by atoms with van der Waals surface area (Å²) >= 11 is 0. The number of amides is 1. The predicted molar refractivity (Wildman–Crippen MR) is 84.0 cm³/mol. The number of rotatable bonds is 2. The number of benzene rings is 1. The molecule has 112 valence electrons. The zero-order valence-corrected chi connectivity index (χ0v) is 12.7. The second-order valence-corrected chi connectivity index (χ2v) is 5.97. The molecule has 0 saturated carbocycles. The third-order valence-electron chi connectivity index (χ3n) is 4.52. The first-order chi connectivity index (χ1) is 9.69. The standard InChI is InChI=1S/C16H18N2O2.ClH/c1-9-6-10-2-3-11(7-15(10)20-9)16(19)18-14-8-12-4-5-13(14)17-12;/h2-3,6-7,12-14,17H,4-5,8H2,1H3,(H,18,19);1H/t12-,13+,14-;/m1./s1. The largest absolute Gasteiger partial charge is 0.461 e. The van der Waals surface area contributed by atoms with Gasteiger partial charge in [-0.2, -0.15) is 0 Å². The molecule has 0 aliphatic carbocycles. The fraction of sp³-hybridized carbons (Fsp3) is 0.438. The van der Waals surface area contributed by atoms with Crippen molar-refractivity contribution in [1.29, 1.82) is 0 Å². The topological polar surface area (TPSA) is 54.3 Å². The van der Waals surface area contributed by atoms with Crippen molar-refractivity contribution in [3.05, 3.63) is 35.6 Å². The Bertz CT molecular complexity index is 682. The molecule has 4 rings (SSSR count). The smallest absolute Gasteiger partial charge is 0.251 e. The number of hydrogen-bond acceptors (Lipinski definition) is 3. The summed E-state index contributed by atoms with van der Waals surface area (Å²) in [5.41, 5.74) is 1.45. The van der Waals surface area contributed by atoms with Crippen LogP contribution in [0.4, 0.5) is 0 Å². The lowest BCUT2D eigenvalue weighted by atomic mass is 9.95. The van der Waals surface area contributed by atoms with Crippen LogP contribution in [-0.2, 0) is 0 Å². The Hall–Kier alpha value is -1.52. The van der Waals surface area contributed by atoms with Crippen LogP contribution in [0.1, 0.15) is 35.4 Å². The van der Waals surface area contributed by atoms with Crippen LogP contribution in [0.2, 0.25) is 0 Å². The van der Waals surface area contributed by atoms with Crippen molar-refractivity contribution < 1.29 is 9.21 Å². The van der Waals surface area contributed by atoms with Gasteiger partial charge < -0.3 is 15.1 Å². The molecule has 4 nitrogen and oxygen atoms in total. The lowest BCUT2D eigenvalue weighted by Gasteiger charge is -2.21. The van der Waals surface area contributed by atoms with E-state index in [2.05, 4.69) is 10.6 Å². The fourth-order valence-electron chi connectivity index (χ4n) is 3.54. The second kappa shape index (κ2) is 5.35. The minimum absolute atomic E-state index is 0. The summed E-state index contributed by atoms with van der Waals surface area (Å²) in [5, 5.41) is 7.73. The number of carbonyl (C=O) groups is 1. The highest BCUT2D eigenvalue weighted by Crippen LogP contribution is 2.28. The first-order valence-electron chi connectivity index (χ1n) is 7.26. The van der Waals surface area contributed by atoms with Gasteiger partial charge in [0.1, 0.15) is 11.3 Å². The minimum Gasteiger partial charge on any atom is -0.461 e. The molecule has 2 aromatic rings. The minimum atomic E-state index is 0. The monoisotopic (exact) mass is 306 g/mol. The van der Waals surface area contributed by atoms with Crippen LogP contribution in [0, 0.1) is 6.92 Å². The Balaban J connectivity index is 0.00000132. The average Bonchev–Trinajstić information content (AvgIpc) is 3.10. The molecule has 1 aromatic carbocycles. The number of carbonyl (C=O) groups excluding carboxylic acids is 1. The molecule has 0 spiro atoms. The predicted octanol–water partition coefficient (Wildman–Crippen LogP) is 2.79. The number of furan rings is 1. The molecular formula is C16H19ClN2O2. The highest BCUT2D eigenvalue weighted by atomic mass is 35.5. The van der Waals surface area contributed by atoms with Gasteiger partial charge in [-0.3, -0.25) is 4.79 Å². The quantitative estimate of drug-likeness (QED) is 0.897. The van der Waals surface area contributed by atoms with Gasteiger partial charge in [-0.1, -0.05) is 6.07 Å². The third kappa shape index (κ3) is 2.54. The Morgan fingerprint density at radius 2 is 2.19 bits per heavy atom. The van der Waals surface area contributed by atoms with Crippen molar-refractivity contribution >= 4 is 29.3 Å². The Kier molecular flexibility index (Phi) is 3.68. The van der Waals surface area contributed by atoms with Crippen molar-refractivity contribution in [2.45, 2.75) is 44.3 Å². The molecule has 3 heterocycles. The van der Waals surface area contributed by atoms with Crippen molar-refractivity contribution in [2.24, 2.45) is 0 Å². The summed E-state index contributed by atoms with van der Waals surface area (Å²) in [4.78, 5) is 12.3. The van der Waals surface area contributed by atoms with Crippen LogP contribution in [0.3, 0.4) is 0 Å². The summed E-state index contributed by atoms with van der Waals surface area (Å²) in [7, 11) is 0. The van der Waals surface area contributed by atoms with Crippen LogP contribution in [-0.4, -0.2) is 24.0 Å². The number of aryl methyl sites for hydroxylation is 1. The van der Waals surface area contributed by atoms with E-state index >= 15 is 0 Å². The first-order valence-corrected chi connectivity index (χ1v) is 7.26. The zero-order valence-electron chi connectivity index (χ0n) is 11.9. The maximum absolute atomic E-state index is 12.3. The summed E-state index contributed by atoms with van der Waals surface area (Å²) in [6.07, 6.45) is 3.47. The van der Waals surface area contributed by atoms with E-state index in [1.54, 1.807) is 0 Å². The van der Waals surface area contributed by atoms with Crippen LogP contribution in [0.5, 0.6) is 0 Å². The third-order valence-corrected chi connectivity index (χ3v) is 4.52. The molecule has 3 atom stereocenters. The van der Waals surface area contributed by atoms with Gasteiger partial charge in [0.05, 0.1) is 0 Å². The van der Waals surface area contributed by atoms with Gasteiger partial charge in [-0.05, 0) is 44.4 Å². The van der Waals surface area contributed by atoms with Gasteiger partial charge >= 0.3 is 0 Å². The maximum Gasteiger partial charge on any atom is 0.251 e. The fourth-order valence-corrected chi connectivity index (χ4v) is 3.54. The van der Waals surface area contributed by atoms with E-state index in [0.717, 1.165) is 23.2 Å². The number of fused-ring (bicyclic) bond motifs is 3. The molecule has 1 amide bonds. The number of nitrogens with one attached hydrogen (secondary N) is 2. The van der Waals surface area contributed by atoms with Gasteiger partial charge in [0.2, 0.25) is 0 Å². The van der Waals surface area contributed by atoms with E-state index in [-0.39, 0.29) is 24.4 Å². The van der Waals surface area contributed by atoms with E-state index in [1.165, 1.54) is 12.8 Å². The van der Waals surface area contributed by atoms with Crippen LogP contribution < -0.4 is 10.6 Å². The molecule has 2 aliphatic heterocycles. The van der Waals surface area contributed by atoms with Crippen LogP contribution in [0.25, 0.3) is 11.0 Å². The zero-order chi connectivity index (χ0) is 13.7. The van der Waals surface area contributed by atoms with E-state index in [1.807, 2.05) is 31.2 Å². The maximum atomic E-state index is 12.3. The Morgan fingerprint density at radius 1 is 1.33 bits per heavy atom. The molecule has 2 aliphatic rings. The van der Waals surface area contributed by atoms with Crippen molar-refractivity contribution in [2.75, 3.05) is 0 Å². The highest BCUT2D eigenvalue weighted by molar-refractivity contribution is 5.97. The summed E-state index contributed by atoms with van der Waals surface area (Å²) < 4.78 is 5.59. The number of halogens is 1. The molecule has 2 fully saturated rings. The highest BCUT2D eigenvalue weighted by Gasteiger charge is 2.39. The molecule has 21 heavy (non-hydrogen) atoms. The molecule has 1 aromatic heterocycles. The normalized spacial score (nSPS) is 26.8. The SMILES string of the molecule is Cc1cc2ccc(C(=O)N[C@@H]3C[C@H]4CC[C@@H]3N4)cc2o1.Cl. The van der Waals surface area contributed by atoms with Crippen molar-refractivity contribution in [3.63, 3.8) is 0 Å². The Labute approximate surface area is 129 Å². The van der Waals surface area contributed by atoms with E-state index < -0.39 is 0 Å².